The molecule has 0 bridgehead atoms. The fourth-order valence-electron chi connectivity index (χ4n) is 5.31. The molecule has 10 heteroatoms. The van der Waals surface area contributed by atoms with Gasteiger partial charge in [-0.15, -0.1) is 0 Å². The number of carbonyl (C=O) groups excluding carboxylic acids is 1. The van der Waals surface area contributed by atoms with Crippen molar-refractivity contribution in [1.82, 2.24) is 30.2 Å². The van der Waals surface area contributed by atoms with Crippen LogP contribution in [0.2, 0.25) is 5.02 Å². The van der Waals surface area contributed by atoms with Gasteiger partial charge in [0.05, 0.1) is 34.5 Å². The molecule has 0 aliphatic heterocycles. The Morgan fingerprint density at radius 2 is 2.05 bits per heavy atom. The third-order valence-corrected chi connectivity index (χ3v) is 7.70. The van der Waals surface area contributed by atoms with Gasteiger partial charge in [-0.1, -0.05) is 35.9 Å². The summed E-state index contributed by atoms with van der Waals surface area (Å²) >= 11 is 6.53. The summed E-state index contributed by atoms with van der Waals surface area (Å²) in [6.07, 6.45) is 12.8. The maximum atomic E-state index is 12.1. The van der Waals surface area contributed by atoms with Crippen molar-refractivity contribution in [2.75, 3.05) is 31.3 Å². The first-order valence-corrected chi connectivity index (χ1v) is 14.3. The number of rotatable bonds is 10. The molecule has 1 aromatic carbocycles. The number of fused-ring (bicyclic) bond motifs is 1. The number of nitrogens with zero attached hydrogens (tertiary/aromatic N) is 4. The predicted octanol–water partition coefficient (Wildman–Crippen LogP) is 5.63. The Bertz CT molecular complexity index is 1520. The van der Waals surface area contributed by atoms with E-state index < -0.39 is 0 Å². The minimum absolute atomic E-state index is 0.0617. The molecule has 214 valence electrons. The standard InChI is InChI=1S/C31H37ClN8O/c1-31(36-18-22-12-13-23(17-33-22)37-28(41)11-7-15-40(2)3)14-6-8-21(16-31)38-30-35-20-26(32)29(39-30)25-19-34-27-10-5-4-9-24(25)27/h4-5,7,9-13,17,19-21,34,36H,6,8,14-16,18H2,1-3H3,(H,37,41)(H,35,38,39). The number of nitrogens with one attached hydrogen (secondary N) is 4. The summed E-state index contributed by atoms with van der Waals surface area (Å²) in [6, 6.07) is 12.2. The van der Waals surface area contributed by atoms with E-state index in [1.165, 1.54) is 0 Å². The number of carbonyl (C=O) groups is 1. The van der Waals surface area contributed by atoms with Crippen LogP contribution in [0.3, 0.4) is 0 Å². The zero-order valence-electron chi connectivity index (χ0n) is 23.7. The first-order valence-electron chi connectivity index (χ1n) is 14.0. The molecule has 1 aliphatic rings. The van der Waals surface area contributed by atoms with E-state index in [2.05, 4.69) is 43.9 Å². The number of para-hydroxylation sites is 1. The lowest BCUT2D eigenvalue weighted by Crippen LogP contribution is -2.48. The Morgan fingerprint density at radius 1 is 1.20 bits per heavy atom. The second kappa shape index (κ2) is 12.8. The van der Waals surface area contributed by atoms with Crippen LogP contribution in [0.5, 0.6) is 0 Å². The van der Waals surface area contributed by atoms with E-state index in [0.29, 0.717) is 35.4 Å². The number of hydrogen-bond acceptors (Lipinski definition) is 7. The van der Waals surface area contributed by atoms with Crippen molar-refractivity contribution in [2.24, 2.45) is 0 Å². The van der Waals surface area contributed by atoms with Crippen LogP contribution in [0.25, 0.3) is 22.2 Å². The molecule has 0 saturated heterocycles. The van der Waals surface area contributed by atoms with E-state index in [0.717, 1.165) is 47.8 Å². The molecule has 3 heterocycles. The van der Waals surface area contributed by atoms with Crippen molar-refractivity contribution >= 4 is 40.0 Å². The van der Waals surface area contributed by atoms with Crippen LogP contribution in [0.4, 0.5) is 11.6 Å². The average molecular weight is 573 g/mol. The Hall–Kier alpha value is -3.79. The van der Waals surface area contributed by atoms with Crippen LogP contribution < -0.4 is 16.0 Å². The van der Waals surface area contributed by atoms with Crippen LogP contribution in [0.1, 0.15) is 38.3 Å². The smallest absolute Gasteiger partial charge is 0.248 e. The zero-order valence-corrected chi connectivity index (χ0v) is 24.5. The van der Waals surface area contributed by atoms with Crippen LogP contribution in [0, 0.1) is 0 Å². The van der Waals surface area contributed by atoms with Gasteiger partial charge in [0.1, 0.15) is 0 Å². The Morgan fingerprint density at radius 3 is 2.85 bits per heavy atom. The number of halogens is 1. The molecular formula is C31H37ClN8O. The second-order valence-electron chi connectivity index (χ2n) is 11.2. The number of benzene rings is 1. The summed E-state index contributed by atoms with van der Waals surface area (Å²) in [4.78, 5) is 31.2. The van der Waals surface area contributed by atoms with E-state index in [-0.39, 0.29) is 17.5 Å². The van der Waals surface area contributed by atoms with Gasteiger partial charge in [-0.05, 0) is 64.9 Å². The molecule has 1 fully saturated rings. The van der Waals surface area contributed by atoms with Gasteiger partial charge >= 0.3 is 0 Å². The third kappa shape index (κ3) is 7.49. The van der Waals surface area contributed by atoms with Gasteiger partial charge in [0, 0.05) is 53.4 Å². The van der Waals surface area contributed by atoms with Crippen LogP contribution in [-0.2, 0) is 11.3 Å². The minimum atomic E-state index is -0.161. The summed E-state index contributed by atoms with van der Waals surface area (Å²) in [7, 11) is 3.92. The fraction of sp³-hybridized carbons (Fsp3) is 0.355. The van der Waals surface area contributed by atoms with Crippen LogP contribution >= 0.6 is 11.6 Å². The lowest BCUT2D eigenvalue weighted by atomic mass is 9.80. The number of aromatic amines is 1. The maximum Gasteiger partial charge on any atom is 0.248 e. The van der Waals surface area contributed by atoms with Crippen molar-refractivity contribution < 1.29 is 4.79 Å². The predicted molar refractivity (Wildman–Crippen MR) is 166 cm³/mol. The van der Waals surface area contributed by atoms with E-state index in [9.17, 15) is 4.79 Å². The van der Waals surface area contributed by atoms with E-state index in [1.54, 1.807) is 18.5 Å². The van der Waals surface area contributed by atoms with Gasteiger partial charge in [0.2, 0.25) is 11.9 Å². The first kappa shape index (κ1) is 28.7. The molecule has 2 atom stereocenters. The first-order chi connectivity index (χ1) is 19.8. The lowest BCUT2D eigenvalue weighted by molar-refractivity contribution is -0.111. The minimum Gasteiger partial charge on any atom is -0.360 e. The highest BCUT2D eigenvalue weighted by Crippen LogP contribution is 2.34. The maximum absolute atomic E-state index is 12.1. The number of aromatic nitrogens is 4. The molecule has 3 aromatic heterocycles. The van der Waals surface area contributed by atoms with Crippen molar-refractivity contribution in [2.45, 2.75) is 50.7 Å². The van der Waals surface area contributed by atoms with Gasteiger partial charge in [-0.3, -0.25) is 9.78 Å². The van der Waals surface area contributed by atoms with Gasteiger partial charge in [0.15, 0.2) is 0 Å². The van der Waals surface area contributed by atoms with Crippen molar-refractivity contribution in [3.63, 3.8) is 0 Å². The normalized spacial score (nSPS) is 19.2. The molecule has 0 spiro atoms. The van der Waals surface area contributed by atoms with Crippen LogP contribution in [0.15, 0.2) is 67.1 Å². The van der Waals surface area contributed by atoms with Gasteiger partial charge in [-0.25, -0.2) is 9.97 Å². The van der Waals surface area contributed by atoms with Gasteiger partial charge in [-0.2, -0.15) is 0 Å². The number of pyridine rings is 1. The lowest BCUT2D eigenvalue weighted by Gasteiger charge is -2.39. The average Bonchev–Trinajstić information content (AvgIpc) is 3.38. The molecule has 1 aliphatic carbocycles. The fourth-order valence-corrected chi connectivity index (χ4v) is 5.50. The second-order valence-corrected chi connectivity index (χ2v) is 11.6. The summed E-state index contributed by atoms with van der Waals surface area (Å²) < 4.78 is 0. The Labute approximate surface area is 245 Å². The largest absolute Gasteiger partial charge is 0.360 e. The number of anilines is 2. The number of H-pyrrole nitrogens is 1. The highest BCUT2D eigenvalue weighted by atomic mass is 35.5. The monoisotopic (exact) mass is 572 g/mol. The quantitative estimate of drug-likeness (QED) is 0.182. The van der Waals surface area contributed by atoms with Crippen LogP contribution in [-0.4, -0.2) is 63.0 Å². The number of likely N-dealkylation sites (N-methyl/N-ethyl adjacent to an activating group) is 1. The Balaban J connectivity index is 1.17. The van der Waals surface area contributed by atoms with Gasteiger partial charge in [0.25, 0.3) is 0 Å². The van der Waals surface area contributed by atoms with Crippen molar-refractivity contribution in [3.05, 3.63) is 77.9 Å². The third-order valence-electron chi connectivity index (χ3n) is 7.43. The molecule has 4 N–H and O–H groups in total. The molecule has 1 saturated carbocycles. The molecule has 5 rings (SSSR count). The number of amides is 1. The highest BCUT2D eigenvalue weighted by molar-refractivity contribution is 6.33. The van der Waals surface area contributed by atoms with E-state index >= 15 is 0 Å². The Kier molecular flexibility index (Phi) is 8.97. The van der Waals surface area contributed by atoms with Gasteiger partial charge < -0.3 is 25.8 Å². The summed E-state index contributed by atoms with van der Waals surface area (Å²) in [6.45, 7) is 3.61. The van der Waals surface area contributed by atoms with E-state index in [4.69, 9.17) is 16.6 Å². The molecule has 1 amide bonds. The number of hydrogen-bond donors (Lipinski definition) is 4. The summed E-state index contributed by atoms with van der Waals surface area (Å²) in [5, 5.41) is 11.7. The highest BCUT2D eigenvalue weighted by Gasteiger charge is 2.32. The molecule has 9 nitrogen and oxygen atoms in total. The molecule has 4 aromatic rings. The molecule has 2 unspecified atom stereocenters. The van der Waals surface area contributed by atoms with E-state index in [1.807, 2.05) is 61.6 Å². The van der Waals surface area contributed by atoms with Crippen molar-refractivity contribution in [1.29, 1.82) is 0 Å². The summed E-state index contributed by atoms with van der Waals surface area (Å²) in [5.41, 5.74) is 4.26. The molecule has 41 heavy (non-hydrogen) atoms. The van der Waals surface area contributed by atoms with Crippen molar-refractivity contribution in [3.8, 4) is 11.3 Å². The summed E-state index contributed by atoms with van der Waals surface area (Å²) in [5.74, 6) is 0.422. The SMILES string of the molecule is CN(C)CC=CC(=O)Nc1ccc(CNC2(C)CCCC(Nc3ncc(Cl)c(-c4c[nH]c5ccccc45)n3)C2)nc1. The molecular weight excluding hydrogens is 536 g/mol. The zero-order chi connectivity index (χ0) is 28.8. The topological polar surface area (TPSA) is 111 Å². The molecule has 0 radical (unpaired) electrons.